The first-order valence-electron chi connectivity index (χ1n) is 4.18. The minimum atomic E-state index is -5.08. The van der Waals surface area contributed by atoms with Crippen molar-refractivity contribution in [3.63, 3.8) is 0 Å². The van der Waals surface area contributed by atoms with Crippen LogP contribution in [0, 0.1) is 0 Å². The zero-order valence-corrected chi connectivity index (χ0v) is 8.49. The highest BCUT2D eigenvalue weighted by atomic mass is 19.4. The normalized spacial score (nSPS) is 17.8. The number of aliphatic carboxylic acids is 1. The van der Waals surface area contributed by atoms with Gasteiger partial charge in [0.15, 0.2) is 0 Å². The van der Waals surface area contributed by atoms with Crippen molar-refractivity contribution in [2.45, 2.75) is 6.18 Å². The molecule has 1 rings (SSSR count). The number of carbonyl (C=O) groups excluding carboxylic acids is 1. The molecule has 1 saturated heterocycles. The highest BCUT2D eigenvalue weighted by molar-refractivity contribution is 5.78. The third kappa shape index (κ3) is 5.51. The summed E-state index contributed by atoms with van der Waals surface area (Å²) in [7, 11) is 1.79. The minimum Gasteiger partial charge on any atom is -0.475 e. The number of hydrazine groups is 1. The van der Waals surface area contributed by atoms with Gasteiger partial charge in [0.05, 0.1) is 6.54 Å². The maximum Gasteiger partial charge on any atom is 0.490 e. The highest BCUT2D eigenvalue weighted by Crippen LogP contribution is 2.13. The van der Waals surface area contributed by atoms with Crippen LogP contribution in [-0.4, -0.2) is 59.8 Å². The van der Waals surface area contributed by atoms with Crippen molar-refractivity contribution >= 4 is 11.9 Å². The first-order chi connectivity index (χ1) is 7.14. The Hall–Kier alpha value is -1.35. The van der Waals surface area contributed by atoms with Crippen LogP contribution in [0.15, 0.2) is 0 Å². The average Bonchev–Trinajstić information content (AvgIpc) is 2.11. The molecule has 0 radical (unpaired) electrons. The zero-order valence-electron chi connectivity index (χ0n) is 8.49. The lowest BCUT2D eigenvalue weighted by molar-refractivity contribution is -0.192. The second-order valence-electron chi connectivity index (χ2n) is 3.09. The molecular weight excluding hydrogens is 231 g/mol. The lowest BCUT2D eigenvalue weighted by Gasteiger charge is -2.28. The molecule has 0 bridgehead atoms. The zero-order chi connectivity index (χ0) is 12.9. The van der Waals surface area contributed by atoms with E-state index in [0.717, 1.165) is 13.1 Å². The number of piperazine rings is 1. The van der Waals surface area contributed by atoms with Crippen LogP contribution in [0.25, 0.3) is 0 Å². The largest absolute Gasteiger partial charge is 0.490 e. The Morgan fingerprint density at radius 3 is 2.12 bits per heavy atom. The first kappa shape index (κ1) is 14.6. The molecule has 0 atom stereocenters. The molecule has 1 aliphatic rings. The van der Waals surface area contributed by atoms with E-state index in [2.05, 4.69) is 0 Å². The van der Waals surface area contributed by atoms with Crippen LogP contribution in [0.4, 0.5) is 13.2 Å². The number of rotatable bonds is 0. The fourth-order valence-electron chi connectivity index (χ4n) is 0.777. The monoisotopic (exact) mass is 243 g/mol. The van der Waals surface area contributed by atoms with Gasteiger partial charge in [-0.25, -0.2) is 9.80 Å². The molecule has 1 heterocycles. The number of alkyl halides is 3. The van der Waals surface area contributed by atoms with Crippen molar-refractivity contribution in [2.24, 2.45) is 5.84 Å². The molecule has 3 N–H and O–H groups in total. The molecule has 0 aromatic heterocycles. The topological polar surface area (TPSA) is 86.9 Å². The molecule has 6 nitrogen and oxygen atoms in total. The van der Waals surface area contributed by atoms with Gasteiger partial charge in [-0.05, 0) is 0 Å². The number of likely N-dealkylation sites (N-methyl/N-ethyl adjacent to an activating group) is 1. The number of carboxylic acids is 1. The Bertz CT molecular complexity index is 269. The maximum absolute atomic E-state index is 10.8. The van der Waals surface area contributed by atoms with Crippen LogP contribution in [0.1, 0.15) is 0 Å². The number of nitrogens with two attached hydrogens (primary N) is 1. The number of carboxylic acid groups (broad SMARTS) is 1. The fourth-order valence-corrected chi connectivity index (χ4v) is 0.777. The molecule has 0 aliphatic carbocycles. The van der Waals surface area contributed by atoms with Crippen molar-refractivity contribution in [2.75, 3.05) is 26.7 Å². The van der Waals surface area contributed by atoms with Crippen LogP contribution >= 0.6 is 0 Å². The maximum atomic E-state index is 10.8. The molecule has 0 aromatic carbocycles. The summed E-state index contributed by atoms with van der Waals surface area (Å²) in [6.07, 6.45) is -5.08. The number of halogens is 3. The number of nitrogens with zero attached hydrogens (tertiary/aromatic N) is 2. The van der Waals surface area contributed by atoms with E-state index in [-0.39, 0.29) is 5.91 Å². The van der Waals surface area contributed by atoms with Gasteiger partial charge in [0.25, 0.3) is 0 Å². The second kappa shape index (κ2) is 5.66. The number of hydrogen-bond acceptors (Lipinski definition) is 4. The Morgan fingerprint density at radius 2 is 1.88 bits per heavy atom. The molecule has 0 saturated carbocycles. The Balaban J connectivity index is 0.000000293. The summed E-state index contributed by atoms with van der Waals surface area (Å²) in [6, 6.07) is 0. The summed E-state index contributed by atoms with van der Waals surface area (Å²) in [4.78, 5) is 21.4. The van der Waals surface area contributed by atoms with Gasteiger partial charge in [-0.3, -0.25) is 10.6 Å². The molecule has 1 fully saturated rings. The second-order valence-corrected chi connectivity index (χ2v) is 3.09. The van der Waals surface area contributed by atoms with Gasteiger partial charge in [-0.15, -0.1) is 0 Å². The van der Waals surface area contributed by atoms with Gasteiger partial charge >= 0.3 is 12.1 Å². The van der Waals surface area contributed by atoms with E-state index in [1.165, 1.54) is 5.01 Å². The van der Waals surface area contributed by atoms with Gasteiger partial charge in [-0.2, -0.15) is 13.2 Å². The standard InChI is InChI=1S/C5H11N3O.C2HF3O2/c1-7-2-3-8(6)4-5(7)9;3-2(4,5)1(6)7/h2-4,6H2,1H3;(H,6,7). The summed E-state index contributed by atoms with van der Waals surface area (Å²) in [6.45, 7) is 1.88. The fraction of sp³-hybridized carbons (Fsp3) is 0.714. The van der Waals surface area contributed by atoms with Crippen LogP contribution in [-0.2, 0) is 9.59 Å². The van der Waals surface area contributed by atoms with Crippen molar-refractivity contribution in [1.29, 1.82) is 0 Å². The Labute approximate surface area is 89.4 Å². The van der Waals surface area contributed by atoms with Gasteiger partial charge < -0.3 is 10.0 Å². The van der Waals surface area contributed by atoms with E-state index < -0.39 is 12.1 Å². The van der Waals surface area contributed by atoms with Gasteiger partial charge in [0.1, 0.15) is 0 Å². The minimum absolute atomic E-state index is 0.101. The molecule has 16 heavy (non-hydrogen) atoms. The predicted molar refractivity (Wildman–Crippen MR) is 47.1 cm³/mol. The van der Waals surface area contributed by atoms with Crippen molar-refractivity contribution in [3.05, 3.63) is 0 Å². The summed E-state index contributed by atoms with van der Waals surface area (Å²) in [5, 5.41) is 8.66. The van der Waals surface area contributed by atoms with E-state index in [1.54, 1.807) is 11.9 Å². The summed E-state index contributed by atoms with van der Waals surface area (Å²) < 4.78 is 31.7. The summed E-state index contributed by atoms with van der Waals surface area (Å²) in [5.74, 6) is 2.72. The summed E-state index contributed by atoms with van der Waals surface area (Å²) in [5.41, 5.74) is 0. The van der Waals surface area contributed by atoms with Gasteiger partial charge in [-0.1, -0.05) is 0 Å². The third-order valence-electron chi connectivity index (χ3n) is 1.73. The number of hydrogen-bond donors (Lipinski definition) is 2. The molecule has 0 spiro atoms. The molecule has 0 unspecified atom stereocenters. The lowest BCUT2D eigenvalue weighted by atomic mass is 10.4. The number of carbonyl (C=O) groups is 2. The molecule has 1 amide bonds. The predicted octanol–water partition coefficient (Wildman–Crippen LogP) is -0.733. The average molecular weight is 243 g/mol. The van der Waals surface area contributed by atoms with E-state index in [1.807, 2.05) is 0 Å². The SMILES string of the molecule is CN1CCN(N)CC1=O.O=C(O)C(F)(F)F. The molecule has 94 valence electrons. The van der Waals surface area contributed by atoms with Crippen LogP contribution < -0.4 is 5.84 Å². The highest BCUT2D eigenvalue weighted by Gasteiger charge is 2.38. The van der Waals surface area contributed by atoms with Crippen molar-refractivity contribution in [3.8, 4) is 0 Å². The van der Waals surface area contributed by atoms with Gasteiger partial charge in [0, 0.05) is 20.1 Å². The van der Waals surface area contributed by atoms with Crippen molar-refractivity contribution < 1.29 is 27.9 Å². The molecule has 9 heteroatoms. The van der Waals surface area contributed by atoms with Crippen molar-refractivity contribution in [1.82, 2.24) is 9.91 Å². The number of amides is 1. The van der Waals surface area contributed by atoms with E-state index in [4.69, 9.17) is 15.7 Å². The smallest absolute Gasteiger partial charge is 0.475 e. The van der Waals surface area contributed by atoms with Crippen LogP contribution in [0.3, 0.4) is 0 Å². The van der Waals surface area contributed by atoms with E-state index in [0.29, 0.717) is 6.54 Å². The molecule has 0 aromatic rings. The third-order valence-corrected chi connectivity index (χ3v) is 1.73. The molecular formula is C7H12F3N3O3. The van der Waals surface area contributed by atoms with E-state index in [9.17, 15) is 18.0 Å². The first-order valence-corrected chi connectivity index (χ1v) is 4.18. The summed E-state index contributed by atoms with van der Waals surface area (Å²) >= 11 is 0. The van der Waals surface area contributed by atoms with Crippen LogP contribution in [0.2, 0.25) is 0 Å². The van der Waals surface area contributed by atoms with Gasteiger partial charge in [0.2, 0.25) is 5.91 Å². The van der Waals surface area contributed by atoms with E-state index >= 15 is 0 Å². The Morgan fingerprint density at radius 1 is 1.44 bits per heavy atom. The quantitative estimate of drug-likeness (QED) is 0.547. The van der Waals surface area contributed by atoms with Crippen LogP contribution in [0.5, 0.6) is 0 Å². The lowest BCUT2D eigenvalue weighted by Crippen LogP contribution is -2.51. The Kier molecular flexibility index (Phi) is 5.18. The molecule has 1 aliphatic heterocycles.